The van der Waals surface area contributed by atoms with Gasteiger partial charge < -0.3 is 10.6 Å². The monoisotopic (exact) mass is 317 g/mol. The van der Waals surface area contributed by atoms with Crippen molar-refractivity contribution in [2.75, 3.05) is 43.8 Å². The minimum atomic E-state index is -3.44. The van der Waals surface area contributed by atoms with Crippen LogP contribution in [-0.2, 0) is 10.0 Å². The molecule has 0 radical (unpaired) electrons. The van der Waals surface area contributed by atoms with Crippen molar-refractivity contribution in [3.8, 4) is 0 Å². The summed E-state index contributed by atoms with van der Waals surface area (Å²) in [6.07, 6.45) is 2.06. The third kappa shape index (κ3) is 3.59. The molecule has 0 aliphatic rings. The number of nitrogens with two attached hydrogens (primary N) is 1. The van der Waals surface area contributed by atoms with E-state index in [-0.39, 0.29) is 4.90 Å². The highest BCUT2D eigenvalue weighted by atomic mass is 32.2. The Morgan fingerprint density at radius 3 is 2.35 bits per heavy atom. The lowest BCUT2D eigenvalue weighted by Gasteiger charge is -2.28. The van der Waals surface area contributed by atoms with Crippen LogP contribution >= 0.6 is 11.8 Å². The molecule has 0 amide bonds. The van der Waals surface area contributed by atoms with E-state index in [1.54, 1.807) is 23.9 Å². The Hall–Kier alpha value is -0.920. The van der Waals surface area contributed by atoms with Gasteiger partial charge in [-0.1, -0.05) is 0 Å². The predicted octanol–water partition coefficient (Wildman–Crippen LogP) is 1.71. The van der Waals surface area contributed by atoms with Gasteiger partial charge in [-0.25, -0.2) is 12.7 Å². The van der Waals surface area contributed by atoms with Gasteiger partial charge in [-0.05, 0) is 31.4 Å². The van der Waals surface area contributed by atoms with Crippen LogP contribution < -0.4 is 10.6 Å². The fourth-order valence-corrected chi connectivity index (χ4v) is 3.46. The number of anilines is 2. The number of sulfonamides is 1. The first-order valence-electron chi connectivity index (χ1n) is 6.25. The minimum Gasteiger partial charge on any atom is -0.397 e. The summed E-state index contributed by atoms with van der Waals surface area (Å²) in [5.74, 6) is 0.980. The van der Waals surface area contributed by atoms with E-state index >= 15 is 0 Å². The van der Waals surface area contributed by atoms with Crippen molar-refractivity contribution in [1.82, 2.24) is 4.31 Å². The average molecular weight is 317 g/mol. The molecule has 1 rings (SSSR count). The third-order valence-electron chi connectivity index (χ3n) is 3.23. The van der Waals surface area contributed by atoms with E-state index in [1.165, 1.54) is 24.5 Å². The van der Waals surface area contributed by atoms with Crippen LogP contribution in [0.1, 0.15) is 6.92 Å². The van der Waals surface area contributed by atoms with Gasteiger partial charge in [0.15, 0.2) is 0 Å². The predicted molar refractivity (Wildman–Crippen MR) is 88.0 cm³/mol. The van der Waals surface area contributed by atoms with Gasteiger partial charge in [0.05, 0.1) is 16.3 Å². The second-order valence-electron chi connectivity index (χ2n) is 4.92. The first kappa shape index (κ1) is 17.1. The molecule has 0 heterocycles. The number of benzene rings is 1. The molecular weight excluding hydrogens is 294 g/mol. The zero-order valence-electron chi connectivity index (χ0n) is 12.6. The van der Waals surface area contributed by atoms with Crippen LogP contribution in [-0.4, -0.2) is 51.9 Å². The molecule has 1 aromatic carbocycles. The summed E-state index contributed by atoms with van der Waals surface area (Å²) in [5.41, 5.74) is 7.35. The van der Waals surface area contributed by atoms with Crippen LogP contribution in [0.3, 0.4) is 0 Å². The molecule has 0 spiro atoms. The molecule has 0 aromatic heterocycles. The van der Waals surface area contributed by atoms with Crippen molar-refractivity contribution >= 4 is 33.2 Å². The van der Waals surface area contributed by atoms with Crippen LogP contribution in [0, 0.1) is 0 Å². The van der Waals surface area contributed by atoms with E-state index in [9.17, 15) is 8.42 Å². The number of rotatable bonds is 6. The summed E-state index contributed by atoms with van der Waals surface area (Å²) in [5, 5.41) is 0. The SMILES string of the molecule is CSCC(C)N(C)c1ccc(S(=O)(=O)N(C)C)cc1N. The highest BCUT2D eigenvalue weighted by Gasteiger charge is 2.19. The summed E-state index contributed by atoms with van der Waals surface area (Å²) < 4.78 is 25.3. The number of hydrogen-bond donors (Lipinski definition) is 1. The van der Waals surface area contributed by atoms with E-state index in [4.69, 9.17) is 5.73 Å². The standard InChI is InChI=1S/C13H23N3O2S2/c1-10(9-19-5)16(4)13-7-6-11(8-12(13)14)20(17,18)15(2)3/h6-8,10H,9,14H2,1-5H3. The van der Waals surface area contributed by atoms with Crippen LogP contribution in [0.4, 0.5) is 11.4 Å². The quantitative estimate of drug-likeness (QED) is 0.809. The third-order valence-corrected chi connectivity index (χ3v) is 5.85. The molecular formula is C13H23N3O2S2. The van der Waals surface area contributed by atoms with E-state index in [0.717, 1.165) is 11.4 Å². The number of thioether (sulfide) groups is 1. The van der Waals surface area contributed by atoms with Gasteiger partial charge >= 0.3 is 0 Å². The normalized spacial score (nSPS) is 13.5. The molecule has 0 bridgehead atoms. The molecule has 1 atom stereocenters. The Kier molecular flexibility index (Phi) is 5.73. The van der Waals surface area contributed by atoms with Crippen LogP contribution in [0.25, 0.3) is 0 Å². The van der Waals surface area contributed by atoms with E-state index < -0.39 is 10.0 Å². The maximum absolute atomic E-state index is 12.1. The molecule has 20 heavy (non-hydrogen) atoms. The Bertz CT molecular complexity index is 559. The topological polar surface area (TPSA) is 66.6 Å². The Morgan fingerprint density at radius 1 is 1.30 bits per heavy atom. The first-order valence-corrected chi connectivity index (χ1v) is 9.09. The number of nitrogen functional groups attached to an aromatic ring is 1. The van der Waals surface area contributed by atoms with Gasteiger partial charge in [0, 0.05) is 32.9 Å². The van der Waals surface area contributed by atoms with Crippen molar-refractivity contribution in [3.05, 3.63) is 18.2 Å². The van der Waals surface area contributed by atoms with E-state index in [2.05, 4.69) is 18.1 Å². The first-order chi connectivity index (χ1) is 9.21. The molecule has 7 heteroatoms. The fourth-order valence-electron chi connectivity index (χ4n) is 1.82. The van der Waals surface area contributed by atoms with Crippen molar-refractivity contribution in [2.24, 2.45) is 0 Å². The highest BCUT2D eigenvalue weighted by Crippen LogP contribution is 2.28. The van der Waals surface area contributed by atoms with Crippen LogP contribution in [0.15, 0.2) is 23.1 Å². The minimum absolute atomic E-state index is 0.217. The smallest absolute Gasteiger partial charge is 0.242 e. The summed E-state index contributed by atoms with van der Waals surface area (Å²) >= 11 is 1.76. The van der Waals surface area contributed by atoms with Gasteiger partial charge in [0.1, 0.15) is 0 Å². The summed E-state index contributed by atoms with van der Waals surface area (Å²) in [7, 11) is 1.54. The Labute approximate surface area is 126 Å². The molecule has 1 aromatic rings. The van der Waals surface area contributed by atoms with Gasteiger partial charge in [-0.15, -0.1) is 0 Å². The van der Waals surface area contributed by atoms with Crippen molar-refractivity contribution in [1.29, 1.82) is 0 Å². The zero-order valence-corrected chi connectivity index (χ0v) is 14.3. The molecule has 0 aliphatic heterocycles. The molecule has 2 N–H and O–H groups in total. The molecule has 1 unspecified atom stereocenters. The highest BCUT2D eigenvalue weighted by molar-refractivity contribution is 7.98. The number of hydrogen-bond acceptors (Lipinski definition) is 5. The lowest BCUT2D eigenvalue weighted by Crippen LogP contribution is -2.31. The zero-order chi connectivity index (χ0) is 15.5. The van der Waals surface area contributed by atoms with Gasteiger partial charge in [-0.3, -0.25) is 0 Å². The van der Waals surface area contributed by atoms with Crippen LogP contribution in [0.5, 0.6) is 0 Å². The van der Waals surface area contributed by atoms with Crippen molar-refractivity contribution in [3.63, 3.8) is 0 Å². The average Bonchev–Trinajstić information content (AvgIpc) is 2.37. The van der Waals surface area contributed by atoms with Crippen molar-refractivity contribution in [2.45, 2.75) is 17.9 Å². The fraction of sp³-hybridized carbons (Fsp3) is 0.538. The molecule has 0 aliphatic carbocycles. The van der Waals surface area contributed by atoms with Crippen molar-refractivity contribution < 1.29 is 8.42 Å². The van der Waals surface area contributed by atoms with Gasteiger partial charge in [0.25, 0.3) is 0 Å². The lowest BCUT2D eigenvalue weighted by molar-refractivity contribution is 0.521. The molecule has 0 saturated carbocycles. The van der Waals surface area contributed by atoms with Gasteiger partial charge in [0.2, 0.25) is 10.0 Å². The summed E-state index contributed by atoms with van der Waals surface area (Å²) in [6.45, 7) is 2.11. The molecule has 114 valence electrons. The lowest BCUT2D eigenvalue weighted by atomic mass is 10.2. The Balaban J connectivity index is 3.12. The molecule has 0 fully saturated rings. The van der Waals surface area contributed by atoms with E-state index in [0.29, 0.717) is 11.7 Å². The molecule has 5 nitrogen and oxygen atoms in total. The van der Waals surface area contributed by atoms with Crippen LogP contribution in [0.2, 0.25) is 0 Å². The number of nitrogens with zero attached hydrogens (tertiary/aromatic N) is 2. The largest absolute Gasteiger partial charge is 0.397 e. The maximum Gasteiger partial charge on any atom is 0.242 e. The Morgan fingerprint density at radius 2 is 1.90 bits per heavy atom. The second kappa shape index (κ2) is 6.69. The van der Waals surface area contributed by atoms with E-state index in [1.807, 2.05) is 7.05 Å². The maximum atomic E-state index is 12.1. The van der Waals surface area contributed by atoms with Gasteiger partial charge in [-0.2, -0.15) is 11.8 Å². The molecule has 0 saturated heterocycles. The summed E-state index contributed by atoms with van der Waals surface area (Å²) in [4.78, 5) is 2.28. The second-order valence-corrected chi connectivity index (χ2v) is 7.99. The summed E-state index contributed by atoms with van der Waals surface area (Å²) in [6, 6.07) is 5.21.